The molecule has 1 aromatic carbocycles. The highest BCUT2D eigenvalue weighted by Crippen LogP contribution is 2.20. The Morgan fingerprint density at radius 1 is 1.40 bits per heavy atom. The second-order valence-electron chi connectivity index (χ2n) is 4.11. The van der Waals surface area contributed by atoms with E-state index in [1.165, 1.54) is 0 Å². The largest absolute Gasteiger partial charge is 0.303 e. The van der Waals surface area contributed by atoms with E-state index in [-0.39, 0.29) is 5.92 Å². The van der Waals surface area contributed by atoms with E-state index in [1.807, 2.05) is 30.3 Å². The van der Waals surface area contributed by atoms with Gasteiger partial charge in [-0.15, -0.1) is 0 Å². The lowest BCUT2D eigenvalue weighted by Gasteiger charge is -2.12. The quantitative estimate of drug-likeness (QED) is 0.702. The summed E-state index contributed by atoms with van der Waals surface area (Å²) in [4.78, 5) is 14.4. The maximum atomic E-state index is 12.1. The summed E-state index contributed by atoms with van der Waals surface area (Å²) in [5.74, 6) is 0.527. The topological polar surface area (TPSA) is 20.3 Å². The van der Waals surface area contributed by atoms with Crippen LogP contribution in [0.1, 0.15) is 23.7 Å². The normalized spacial score (nSPS) is 21.8. The molecule has 80 valence electrons. The van der Waals surface area contributed by atoms with Crippen LogP contribution in [0.2, 0.25) is 0 Å². The number of ketones is 1. The van der Waals surface area contributed by atoms with Gasteiger partial charge < -0.3 is 4.90 Å². The molecule has 0 aromatic heterocycles. The standard InChI is InChI=1S/C13H17NO/c1-2-14-9-8-12(10-14)13(15)11-6-4-3-5-7-11/h3-7,12H,2,8-10H2,1H3. The van der Waals surface area contributed by atoms with Crippen molar-refractivity contribution in [2.24, 2.45) is 5.92 Å². The fraction of sp³-hybridized carbons (Fsp3) is 0.462. The number of carbonyl (C=O) groups excluding carboxylic acids is 1. The summed E-state index contributed by atoms with van der Waals surface area (Å²) in [5.41, 5.74) is 0.862. The fourth-order valence-electron chi connectivity index (χ4n) is 2.17. The first kappa shape index (κ1) is 10.4. The molecule has 0 amide bonds. The number of nitrogens with zero attached hydrogens (tertiary/aromatic N) is 1. The van der Waals surface area contributed by atoms with Crippen LogP contribution in [0.5, 0.6) is 0 Å². The van der Waals surface area contributed by atoms with E-state index >= 15 is 0 Å². The highest BCUT2D eigenvalue weighted by molar-refractivity contribution is 5.98. The van der Waals surface area contributed by atoms with Gasteiger partial charge in [0.25, 0.3) is 0 Å². The van der Waals surface area contributed by atoms with Gasteiger partial charge in [0.2, 0.25) is 0 Å². The molecular formula is C13H17NO. The molecule has 1 atom stereocenters. The summed E-state index contributed by atoms with van der Waals surface area (Å²) in [6.45, 7) is 5.21. The highest BCUT2D eigenvalue weighted by Gasteiger charge is 2.27. The average Bonchev–Trinajstić information content (AvgIpc) is 2.78. The van der Waals surface area contributed by atoms with Gasteiger partial charge in [-0.3, -0.25) is 4.79 Å². The van der Waals surface area contributed by atoms with Crippen LogP contribution in [0.15, 0.2) is 30.3 Å². The maximum Gasteiger partial charge on any atom is 0.167 e. The molecule has 0 spiro atoms. The molecule has 15 heavy (non-hydrogen) atoms. The Bertz CT molecular complexity index is 334. The Hall–Kier alpha value is -1.15. The molecule has 2 heteroatoms. The van der Waals surface area contributed by atoms with E-state index in [0.717, 1.165) is 31.6 Å². The smallest absolute Gasteiger partial charge is 0.167 e. The van der Waals surface area contributed by atoms with Crippen molar-refractivity contribution in [3.05, 3.63) is 35.9 Å². The van der Waals surface area contributed by atoms with Gasteiger partial charge in [0.05, 0.1) is 0 Å². The van der Waals surface area contributed by atoms with Gasteiger partial charge in [0.1, 0.15) is 0 Å². The number of rotatable bonds is 3. The highest BCUT2D eigenvalue weighted by atomic mass is 16.1. The SMILES string of the molecule is CCN1CCC(C(=O)c2ccccc2)C1. The lowest BCUT2D eigenvalue weighted by Crippen LogP contribution is -2.22. The van der Waals surface area contributed by atoms with Crippen LogP contribution in [0.3, 0.4) is 0 Å². The van der Waals surface area contributed by atoms with E-state index in [1.54, 1.807) is 0 Å². The third-order valence-corrected chi connectivity index (χ3v) is 3.15. The molecule has 0 bridgehead atoms. The molecule has 1 aliphatic rings. The number of benzene rings is 1. The third kappa shape index (κ3) is 2.26. The van der Waals surface area contributed by atoms with E-state index < -0.39 is 0 Å². The second-order valence-corrected chi connectivity index (χ2v) is 4.11. The molecule has 1 heterocycles. The summed E-state index contributed by atoms with van der Waals surface area (Å²) in [6, 6.07) is 9.64. The monoisotopic (exact) mass is 203 g/mol. The lowest BCUT2D eigenvalue weighted by atomic mass is 9.97. The van der Waals surface area contributed by atoms with Gasteiger partial charge in [0, 0.05) is 18.0 Å². The Morgan fingerprint density at radius 2 is 2.13 bits per heavy atom. The predicted octanol–water partition coefficient (Wildman–Crippen LogP) is 2.21. The van der Waals surface area contributed by atoms with E-state index in [4.69, 9.17) is 0 Å². The zero-order chi connectivity index (χ0) is 10.7. The molecule has 1 fully saturated rings. The van der Waals surface area contributed by atoms with Crippen molar-refractivity contribution in [1.29, 1.82) is 0 Å². The van der Waals surface area contributed by atoms with Crippen LogP contribution in [-0.2, 0) is 0 Å². The maximum absolute atomic E-state index is 12.1. The zero-order valence-electron chi connectivity index (χ0n) is 9.15. The number of hydrogen-bond acceptors (Lipinski definition) is 2. The average molecular weight is 203 g/mol. The van der Waals surface area contributed by atoms with Crippen LogP contribution >= 0.6 is 0 Å². The summed E-state index contributed by atoms with van der Waals surface area (Å²) < 4.78 is 0. The zero-order valence-corrected chi connectivity index (χ0v) is 9.15. The molecule has 1 aromatic rings. The number of hydrogen-bond donors (Lipinski definition) is 0. The lowest BCUT2D eigenvalue weighted by molar-refractivity contribution is 0.0923. The van der Waals surface area contributed by atoms with E-state index in [2.05, 4.69) is 11.8 Å². The van der Waals surface area contributed by atoms with Crippen LogP contribution in [0.4, 0.5) is 0 Å². The molecule has 1 saturated heterocycles. The van der Waals surface area contributed by atoms with Crippen molar-refractivity contribution in [2.45, 2.75) is 13.3 Å². The van der Waals surface area contributed by atoms with Crippen molar-refractivity contribution in [3.8, 4) is 0 Å². The van der Waals surface area contributed by atoms with Crippen LogP contribution in [0, 0.1) is 5.92 Å². The first-order valence-electron chi connectivity index (χ1n) is 5.63. The Morgan fingerprint density at radius 3 is 2.73 bits per heavy atom. The molecule has 1 aliphatic heterocycles. The van der Waals surface area contributed by atoms with Crippen molar-refractivity contribution in [3.63, 3.8) is 0 Å². The summed E-state index contributed by atoms with van der Waals surface area (Å²) in [6.07, 6.45) is 1.02. The minimum atomic E-state index is 0.215. The van der Waals surface area contributed by atoms with Gasteiger partial charge in [-0.05, 0) is 19.5 Å². The molecule has 2 nitrogen and oxygen atoms in total. The molecule has 0 radical (unpaired) electrons. The Balaban J connectivity index is 2.04. The molecule has 2 rings (SSSR count). The predicted molar refractivity (Wildman–Crippen MR) is 61.0 cm³/mol. The van der Waals surface area contributed by atoms with Crippen LogP contribution in [0.25, 0.3) is 0 Å². The number of likely N-dealkylation sites (tertiary alicyclic amines) is 1. The van der Waals surface area contributed by atoms with Gasteiger partial charge >= 0.3 is 0 Å². The molecule has 0 N–H and O–H groups in total. The minimum absolute atomic E-state index is 0.215. The number of Topliss-reactive ketones (excluding diaryl/α,β-unsaturated/α-hetero) is 1. The second kappa shape index (κ2) is 4.58. The van der Waals surface area contributed by atoms with Crippen molar-refractivity contribution < 1.29 is 4.79 Å². The summed E-state index contributed by atoms with van der Waals surface area (Å²) in [7, 11) is 0. The van der Waals surface area contributed by atoms with Crippen molar-refractivity contribution >= 4 is 5.78 Å². The first-order chi connectivity index (χ1) is 7.31. The summed E-state index contributed by atoms with van der Waals surface area (Å²) >= 11 is 0. The van der Waals surface area contributed by atoms with Crippen molar-refractivity contribution in [1.82, 2.24) is 4.90 Å². The number of carbonyl (C=O) groups is 1. The Kier molecular flexibility index (Phi) is 3.17. The fourth-order valence-corrected chi connectivity index (χ4v) is 2.17. The Labute approximate surface area is 90.9 Å². The summed E-state index contributed by atoms with van der Waals surface area (Å²) in [5, 5.41) is 0. The first-order valence-corrected chi connectivity index (χ1v) is 5.63. The van der Waals surface area contributed by atoms with E-state index in [0.29, 0.717) is 5.78 Å². The molecule has 0 aliphatic carbocycles. The minimum Gasteiger partial charge on any atom is -0.303 e. The van der Waals surface area contributed by atoms with Gasteiger partial charge in [-0.1, -0.05) is 37.3 Å². The molecule has 0 saturated carbocycles. The molecule has 1 unspecified atom stereocenters. The molecular weight excluding hydrogens is 186 g/mol. The van der Waals surface area contributed by atoms with Gasteiger partial charge in [-0.25, -0.2) is 0 Å². The van der Waals surface area contributed by atoms with Gasteiger partial charge in [-0.2, -0.15) is 0 Å². The van der Waals surface area contributed by atoms with Crippen LogP contribution in [-0.4, -0.2) is 30.3 Å². The van der Waals surface area contributed by atoms with E-state index in [9.17, 15) is 4.79 Å². The third-order valence-electron chi connectivity index (χ3n) is 3.15. The van der Waals surface area contributed by atoms with Crippen molar-refractivity contribution in [2.75, 3.05) is 19.6 Å². The van der Waals surface area contributed by atoms with Crippen LogP contribution < -0.4 is 0 Å². The van der Waals surface area contributed by atoms with Gasteiger partial charge in [0.15, 0.2) is 5.78 Å².